The molecule has 0 aliphatic carbocycles. The van der Waals surface area contributed by atoms with E-state index in [0.29, 0.717) is 22.1 Å². The molecule has 7 heteroatoms. The minimum absolute atomic E-state index is 0.105. The third kappa shape index (κ3) is 3.98. The number of rotatable bonds is 5. The molecule has 32 heavy (non-hydrogen) atoms. The fraction of sp³-hybridized carbons (Fsp3) is 0.0800. The van der Waals surface area contributed by atoms with Crippen molar-refractivity contribution in [1.82, 2.24) is 9.38 Å². The molecular weight excluding hydrogens is 422 g/mol. The van der Waals surface area contributed by atoms with Crippen LogP contribution in [0.15, 0.2) is 83.0 Å². The van der Waals surface area contributed by atoms with Crippen molar-refractivity contribution in [2.45, 2.75) is 6.92 Å². The Bertz CT molecular complexity index is 1520. The van der Waals surface area contributed by atoms with Gasteiger partial charge in [-0.25, -0.2) is 4.98 Å². The van der Waals surface area contributed by atoms with Crippen LogP contribution in [0.4, 0.5) is 5.69 Å². The number of hydrogen-bond acceptors (Lipinski definition) is 5. The monoisotopic (exact) mass is 441 g/mol. The Morgan fingerprint density at radius 1 is 1.03 bits per heavy atom. The molecule has 5 aromatic rings. The summed E-state index contributed by atoms with van der Waals surface area (Å²) < 4.78 is 7.26. The van der Waals surface area contributed by atoms with E-state index < -0.39 is 0 Å². The maximum Gasteiger partial charge on any atom is 0.262 e. The highest BCUT2D eigenvalue weighted by atomic mass is 32.1. The summed E-state index contributed by atoms with van der Waals surface area (Å²) in [4.78, 5) is 30.0. The highest BCUT2D eigenvalue weighted by Crippen LogP contribution is 2.26. The molecular formula is C25H19N3O3S. The molecule has 1 amide bonds. The standard InChI is InChI=1S/C25H19N3O3S/c1-16-11-24(30)28-22(15-32-25(28)26-16)19-7-4-8-20(12-19)27-23(29)14-31-21-10-9-17-5-2-3-6-18(17)13-21/h2-13,15H,14H2,1H3,(H,27,29). The third-order valence-electron chi connectivity index (χ3n) is 5.07. The van der Waals surface area contributed by atoms with Gasteiger partial charge in [0.1, 0.15) is 5.75 Å². The fourth-order valence-electron chi connectivity index (χ4n) is 3.59. The third-order valence-corrected chi connectivity index (χ3v) is 5.89. The van der Waals surface area contributed by atoms with E-state index in [4.69, 9.17) is 4.74 Å². The molecule has 0 atom stereocenters. The number of nitrogens with zero attached hydrogens (tertiary/aromatic N) is 2. The van der Waals surface area contributed by atoms with E-state index in [0.717, 1.165) is 22.0 Å². The summed E-state index contributed by atoms with van der Waals surface area (Å²) in [6.07, 6.45) is 0. The second-order valence-electron chi connectivity index (χ2n) is 7.40. The maximum absolute atomic E-state index is 12.5. The molecule has 0 unspecified atom stereocenters. The minimum atomic E-state index is -0.264. The first-order chi connectivity index (χ1) is 15.6. The van der Waals surface area contributed by atoms with Gasteiger partial charge in [0.05, 0.1) is 5.69 Å². The highest BCUT2D eigenvalue weighted by Gasteiger charge is 2.11. The number of aromatic nitrogens is 2. The average Bonchev–Trinajstić information content (AvgIpc) is 3.22. The van der Waals surface area contributed by atoms with Crippen molar-refractivity contribution >= 4 is 38.7 Å². The van der Waals surface area contributed by atoms with E-state index in [9.17, 15) is 9.59 Å². The van der Waals surface area contributed by atoms with Crippen LogP contribution in [0.25, 0.3) is 27.0 Å². The minimum Gasteiger partial charge on any atom is -0.484 e. The van der Waals surface area contributed by atoms with Gasteiger partial charge in [-0.2, -0.15) is 0 Å². The van der Waals surface area contributed by atoms with Crippen LogP contribution in [0.5, 0.6) is 5.75 Å². The van der Waals surface area contributed by atoms with Gasteiger partial charge >= 0.3 is 0 Å². The average molecular weight is 442 g/mol. The Hall–Kier alpha value is -3.97. The van der Waals surface area contributed by atoms with Crippen molar-refractivity contribution in [3.05, 3.63) is 94.2 Å². The summed E-state index contributed by atoms with van der Waals surface area (Å²) in [5.74, 6) is 0.374. The van der Waals surface area contributed by atoms with E-state index in [2.05, 4.69) is 10.3 Å². The van der Waals surface area contributed by atoms with Crippen molar-refractivity contribution in [1.29, 1.82) is 0 Å². The van der Waals surface area contributed by atoms with Gasteiger partial charge in [-0.1, -0.05) is 42.5 Å². The largest absolute Gasteiger partial charge is 0.484 e. The van der Waals surface area contributed by atoms with Crippen LogP contribution in [0.3, 0.4) is 0 Å². The van der Waals surface area contributed by atoms with Gasteiger partial charge in [0.25, 0.3) is 11.5 Å². The van der Waals surface area contributed by atoms with Crippen LogP contribution in [0, 0.1) is 6.92 Å². The number of anilines is 1. The van der Waals surface area contributed by atoms with E-state index in [1.165, 1.54) is 17.4 Å². The molecule has 2 heterocycles. The lowest BCUT2D eigenvalue weighted by Gasteiger charge is -2.10. The molecule has 0 aliphatic rings. The van der Waals surface area contributed by atoms with Gasteiger partial charge in [-0.15, -0.1) is 11.3 Å². The first kappa shape index (κ1) is 20.0. The maximum atomic E-state index is 12.5. The van der Waals surface area contributed by atoms with Gasteiger partial charge in [-0.05, 0) is 42.0 Å². The summed E-state index contributed by atoms with van der Waals surface area (Å²) in [6.45, 7) is 1.70. The number of carbonyl (C=O) groups excluding carboxylic acids is 1. The van der Waals surface area contributed by atoms with Crippen LogP contribution < -0.4 is 15.6 Å². The molecule has 0 saturated carbocycles. The Labute approximate surface area is 187 Å². The van der Waals surface area contributed by atoms with Gasteiger partial charge < -0.3 is 10.1 Å². The van der Waals surface area contributed by atoms with Crippen molar-refractivity contribution in [3.8, 4) is 17.0 Å². The second kappa shape index (κ2) is 8.28. The molecule has 3 aromatic carbocycles. The van der Waals surface area contributed by atoms with Gasteiger partial charge in [-0.3, -0.25) is 14.0 Å². The van der Waals surface area contributed by atoms with Crippen molar-refractivity contribution < 1.29 is 9.53 Å². The summed E-state index contributed by atoms with van der Waals surface area (Å²) in [7, 11) is 0. The summed E-state index contributed by atoms with van der Waals surface area (Å²) in [5, 5.41) is 6.93. The summed E-state index contributed by atoms with van der Waals surface area (Å²) in [5.41, 5.74) is 2.75. The van der Waals surface area contributed by atoms with E-state index in [1.54, 1.807) is 17.4 Å². The number of ether oxygens (including phenoxy) is 1. The highest BCUT2D eigenvalue weighted by molar-refractivity contribution is 7.15. The Morgan fingerprint density at radius 2 is 1.88 bits per heavy atom. The lowest BCUT2D eigenvalue weighted by Crippen LogP contribution is -2.20. The number of hydrogen-bond donors (Lipinski definition) is 1. The van der Waals surface area contributed by atoms with E-state index in [-0.39, 0.29) is 18.1 Å². The van der Waals surface area contributed by atoms with E-state index in [1.807, 2.05) is 66.0 Å². The molecule has 0 fully saturated rings. The van der Waals surface area contributed by atoms with Gasteiger partial charge in [0.15, 0.2) is 11.6 Å². The number of thiazole rings is 1. The number of carbonyl (C=O) groups is 1. The summed E-state index contributed by atoms with van der Waals surface area (Å²) >= 11 is 1.41. The molecule has 1 N–H and O–H groups in total. The molecule has 0 radical (unpaired) electrons. The predicted octanol–water partition coefficient (Wildman–Crippen LogP) is 4.90. The molecule has 2 aromatic heterocycles. The summed E-state index contributed by atoms with van der Waals surface area (Å²) in [6, 6.07) is 22.6. The zero-order chi connectivity index (χ0) is 22.1. The quantitative estimate of drug-likeness (QED) is 0.421. The number of fused-ring (bicyclic) bond motifs is 2. The Kier molecular flexibility index (Phi) is 5.17. The molecule has 0 spiro atoms. The lowest BCUT2D eigenvalue weighted by molar-refractivity contribution is -0.118. The van der Waals surface area contributed by atoms with Crippen molar-refractivity contribution in [3.63, 3.8) is 0 Å². The number of benzene rings is 3. The molecule has 0 aliphatic heterocycles. The second-order valence-corrected chi connectivity index (χ2v) is 8.24. The van der Waals surface area contributed by atoms with Gasteiger partial charge in [0.2, 0.25) is 0 Å². The van der Waals surface area contributed by atoms with Crippen LogP contribution in [-0.4, -0.2) is 21.9 Å². The molecule has 0 bridgehead atoms. The zero-order valence-electron chi connectivity index (χ0n) is 17.2. The Balaban J connectivity index is 1.31. The van der Waals surface area contributed by atoms with Crippen LogP contribution in [0.2, 0.25) is 0 Å². The molecule has 5 rings (SSSR count). The molecule has 0 saturated heterocycles. The SMILES string of the molecule is Cc1cc(=O)n2c(-c3cccc(NC(=O)COc4ccc5ccccc5c4)c3)csc2n1. The van der Waals surface area contributed by atoms with Gasteiger partial charge in [0, 0.05) is 28.4 Å². The number of nitrogens with one attached hydrogen (secondary N) is 1. The topological polar surface area (TPSA) is 72.7 Å². The molecule has 6 nitrogen and oxygen atoms in total. The zero-order valence-corrected chi connectivity index (χ0v) is 18.1. The van der Waals surface area contributed by atoms with Crippen molar-refractivity contribution in [2.24, 2.45) is 0 Å². The number of aryl methyl sites for hydroxylation is 1. The van der Waals surface area contributed by atoms with Crippen LogP contribution in [-0.2, 0) is 4.79 Å². The Morgan fingerprint density at radius 3 is 2.75 bits per heavy atom. The smallest absolute Gasteiger partial charge is 0.262 e. The predicted molar refractivity (Wildman–Crippen MR) is 128 cm³/mol. The fourth-order valence-corrected chi connectivity index (χ4v) is 4.54. The van der Waals surface area contributed by atoms with E-state index >= 15 is 0 Å². The first-order valence-electron chi connectivity index (χ1n) is 10.1. The van der Waals surface area contributed by atoms with Crippen LogP contribution in [0.1, 0.15) is 5.69 Å². The molecule has 158 valence electrons. The van der Waals surface area contributed by atoms with Crippen LogP contribution >= 0.6 is 11.3 Å². The number of amides is 1. The lowest BCUT2D eigenvalue weighted by atomic mass is 10.1. The van der Waals surface area contributed by atoms with Crippen molar-refractivity contribution in [2.75, 3.05) is 11.9 Å². The normalized spacial score (nSPS) is 11.0. The first-order valence-corrected chi connectivity index (χ1v) is 10.9.